The van der Waals surface area contributed by atoms with Crippen LogP contribution in [-0.2, 0) is 10.0 Å². The van der Waals surface area contributed by atoms with Gasteiger partial charge in [0, 0.05) is 17.6 Å². The molecule has 130 valence electrons. The minimum atomic E-state index is -3.99. The number of methoxy groups -OCH3 is 2. The molecule has 3 rings (SSSR count). The van der Waals surface area contributed by atoms with Crippen LogP contribution in [0.15, 0.2) is 53.6 Å². The minimum Gasteiger partial charge on any atom is -0.497 e. The Labute approximate surface area is 144 Å². The van der Waals surface area contributed by atoms with Crippen molar-refractivity contribution in [1.82, 2.24) is 4.98 Å². The van der Waals surface area contributed by atoms with Gasteiger partial charge in [0.25, 0.3) is 10.0 Å². The van der Waals surface area contributed by atoms with Gasteiger partial charge in [-0.25, -0.2) is 12.8 Å². The molecule has 6 nitrogen and oxygen atoms in total. The number of ether oxygens (including phenoxy) is 2. The first-order valence-corrected chi connectivity index (χ1v) is 8.72. The van der Waals surface area contributed by atoms with Crippen LogP contribution in [0.2, 0.25) is 0 Å². The molecule has 0 aliphatic rings. The Kier molecular flexibility index (Phi) is 4.45. The zero-order valence-corrected chi connectivity index (χ0v) is 14.3. The predicted octanol–water partition coefficient (Wildman–Crippen LogP) is 3.19. The zero-order valence-electron chi connectivity index (χ0n) is 13.5. The van der Waals surface area contributed by atoms with Gasteiger partial charge in [0.1, 0.15) is 22.8 Å². The van der Waals surface area contributed by atoms with Crippen LogP contribution in [0, 0.1) is 5.82 Å². The van der Waals surface area contributed by atoms with Gasteiger partial charge in [-0.1, -0.05) is 0 Å². The highest BCUT2D eigenvalue weighted by molar-refractivity contribution is 7.93. The van der Waals surface area contributed by atoms with Gasteiger partial charge in [-0.3, -0.25) is 9.71 Å². The van der Waals surface area contributed by atoms with E-state index in [1.165, 1.54) is 38.6 Å². The maximum Gasteiger partial charge on any atom is 0.262 e. The maximum atomic E-state index is 13.9. The first-order chi connectivity index (χ1) is 12.0. The molecule has 0 spiro atoms. The number of anilines is 1. The zero-order chi connectivity index (χ0) is 18.0. The topological polar surface area (TPSA) is 77.5 Å². The Bertz CT molecular complexity index is 1040. The van der Waals surface area contributed by atoms with Crippen LogP contribution >= 0.6 is 0 Å². The van der Waals surface area contributed by atoms with Crippen molar-refractivity contribution in [2.75, 3.05) is 18.9 Å². The van der Waals surface area contributed by atoms with Crippen LogP contribution in [0.5, 0.6) is 11.5 Å². The molecule has 0 atom stereocenters. The first kappa shape index (κ1) is 17.0. The van der Waals surface area contributed by atoms with Gasteiger partial charge in [-0.2, -0.15) is 0 Å². The Morgan fingerprint density at radius 1 is 1.08 bits per heavy atom. The molecule has 1 aromatic heterocycles. The minimum absolute atomic E-state index is 0.00734. The number of nitrogens with one attached hydrogen (secondary N) is 1. The summed E-state index contributed by atoms with van der Waals surface area (Å²) in [6.45, 7) is 0. The van der Waals surface area contributed by atoms with Crippen LogP contribution in [0.1, 0.15) is 0 Å². The summed E-state index contributed by atoms with van der Waals surface area (Å²) in [6.07, 6.45) is 1.40. The van der Waals surface area contributed by atoms with Gasteiger partial charge in [-0.15, -0.1) is 0 Å². The summed E-state index contributed by atoms with van der Waals surface area (Å²) in [5.74, 6) is 0.236. The number of pyridine rings is 1. The molecule has 0 unspecified atom stereocenters. The molecule has 0 fully saturated rings. The van der Waals surface area contributed by atoms with Crippen molar-refractivity contribution in [2.24, 2.45) is 0 Å². The quantitative estimate of drug-likeness (QED) is 0.754. The van der Waals surface area contributed by atoms with Crippen LogP contribution in [0.3, 0.4) is 0 Å². The summed E-state index contributed by atoms with van der Waals surface area (Å²) < 4.78 is 52.2. The summed E-state index contributed by atoms with van der Waals surface area (Å²) >= 11 is 0. The fraction of sp³-hybridized carbons (Fsp3) is 0.118. The van der Waals surface area contributed by atoms with Crippen LogP contribution < -0.4 is 14.2 Å². The number of nitrogens with zero attached hydrogens (tertiary/aromatic N) is 1. The highest BCUT2D eigenvalue weighted by Crippen LogP contribution is 2.32. The molecule has 0 saturated heterocycles. The average Bonchev–Trinajstić information content (AvgIpc) is 2.62. The van der Waals surface area contributed by atoms with Gasteiger partial charge in [0.15, 0.2) is 0 Å². The Balaban J connectivity index is 2.08. The number of sulfonamides is 1. The molecule has 25 heavy (non-hydrogen) atoms. The van der Waals surface area contributed by atoms with E-state index in [1.54, 1.807) is 18.2 Å². The smallest absolute Gasteiger partial charge is 0.262 e. The molecule has 0 radical (unpaired) electrons. The predicted molar refractivity (Wildman–Crippen MR) is 92.1 cm³/mol. The summed E-state index contributed by atoms with van der Waals surface area (Å²) in [4.78, 5) is 3.84. The largest absolute Gasteiger partial charge is 0.497 e. The highest BCUT2D eigenvalue weighted by atomic mass is 32.2. The number of benzene rings is 2. The Morgan fingerprint density at radius 3 is 2.60 bits per heavy atom. The molecule has 0 aliphatic heterocycles. The monoisotopic (exact) mass is 362 g/mol. The first-order valence-electron chi connectivity index (χ1n) is 7.24. The molecule has 3 aromatic rings. The molecule has 1 heterocycles. The van der Waals surface area contributed by atoms with Crippen molar-refractivity contribution in [2.45, 2.75) is 4.90 Å². The van der Waals surface area contributed by atoms with E-state index in [1.807, 2.05) is 0 Å². The summed E-state index contributed by atoms with van der Waals surface area (Å²) in [7, 11) is -1.07. The lowest BCUT2D eigenvalue weighted by atomic mass is 10.2. The molecule has 8 heteroatoms. The lowest BCUT2D eigenvalue weighted by molar-refractivity contribution is 0.395. The van der Waals surface area contributed by atoms with Crippen molar-refractivity contribution >= 4 is 26.6 Å². The van der Waals surface area contributed by atoms with Crippen LogP contribution in [-0.4, -0.2) is 27.6 Å². The fourth-order valence-corrected chi connectivity index (χ4v) is 3.70. The van der Waals surface area contributed by atoms with Crippen molar-refractivity contribution in [3.8, 4) is 11.5 Å². The van der Waals surface area contributed by atoms with Crippen molar-refractivity contribution in [1.29, 1.82) is 0 Å². The van der Waals surface area contributed by atoms with E-state index in [0.717, 1.165) is 6.07 Å². The second kappa shape index (κ2) is 6.56. The van der Waals surface area contributed by atoms with E-state index in [0.29, 0.717) is 11.5 Å². The van der Waals surface area contributed by atoms with Gasteiger partial charge in [0.05, 0.1) is 24.8 Å². The molecular weight excluding hydrogens is 347 g/mol. The van der Waals surface area contributed by atoms with Gasteiger partial charge >= 0.3 is 0 Å². The summed E-state index contributed by atoms with van der Waals surface area (Å²) in [6, 6.07) is 10.0. The van der Waals surface area contributed by atoms with E-state index < -0.39 is 15.8 Å². The SMILES string of the molecule is COc1ccc(NS(=O)(=O)c2ccc(F)c3ncccc23)c(OC)c1. The molecule has 0 amide bonds. The standard InChI is InChI=1S/C17H15FN2O4S/c1-23-11-5-7-14(15(10-11)24-2)20-25(21,22)16-8-6-13(18)17-12(16)4-3-9-19-17/h3-10,20H,1-2H3. The Morgan fingerprint density at radius 2 is 1.88 bits per heavy atom. The number of hydrogen-bond acceptors (Lipinski definition) is 5. The second-order valence-electron chi connectivity index (χ2n) is 5.12. The average molecular weight is 362 g/mol. The number of hydrogen-bond donors (Lipinski definition) is 1. The molecule has 2 aromatic carbocycles. The van der Waals surface area contributed by atoms with Crippen molar-refractivity contribution in [3.63, 3.8) is 0 Å². The number of aromatic nitrogens is 1. The van der Waals surface area contributed by atoms with E-state index in [9.17, 15) is 12.8 Å². The number of rotatable bonds is 5. The van der Waals surface area contributed by atoms with Gasteiger partial charge in [0.2, 0.25) is 0 Å². The van der Waals surface area contributed by atoms with Gasteiger partial charge < -0.3 is 9.47 Å². The van der Waals surface area contributed by atoms with E-state index in [2.05, 4.69) is 9.71 Å². The van der Waals surface area contributed by atoms with E-state index in [-0.39, 0.29) is 21.5 Å². The highest BCUT2D eigenvalue weighted by Gasteiger charge is 2.21. The third-order valence-electron chi connectivity index (χ3n) is 3.62. The van der Waals surface area contributed by atoms with Gasteiger partial charge in [-0.05, 0) is 36.4 Å². The lowest BCUT2D eigenvalue weighted by Gasteiger charge is -2.14. The molecule has 0 aliphatic carbocycles. The summed E-state index contributed by atoms with van der Waals surface area (Å²) in [5.41, 5.74) is 0.233. The van der Waals surface area contributed by atoms with Crippen LogP contribution in [0.4, 0.5) is 10.1 Å². The maximum absolute atomic E-state index is 13.9. The second-order valence-corrected chi connectivity index (χ2v) is 6.77. The molecular formula is C17H15FN2O4S. The molecule has 0 bridgehead atoms. The normalized spacial score (nSPS) is 11.3. The molecule has 0 saturated carbocycles. The molecule has 1 N–H and O–H groups in total. The number of fused-ring (bicyclic) bond motifs is 1. The van der Waals surface area contributed by atoms with E-state index >= 15 is 0 Å². The van der Waals surface area contributed by atoms with Crippen molar-refractivity contribution < 1.29 is 22.3 Å². The van der Waals surface area contributed by atoms with Crippen LogP contribution in [0.25, 0.3) is 10.9 Å². The third-order valence-corrected chi connectivity index (χ3v) is 5.05. The Hall–Kier alpha value is -2.87. The van der Waals surface area contributed by atoms with Crippen molar-refractivity contribution in [3.05, 3.63) is 54.5 Å². The fourth-order valence-electron chi connectivity index (χ4n) is 2.43. The lowest BCUT2D eigenvalue weighted by Crippen LogP contribution is -2.14. The summed E-state index contributed by atoms with van der Waals surface area (Å²) in [5, 5.41) is 0.197. The third kappa shape index (κ3) is 3.20. The number of halogens is 1. The van der Waals surface area contributed by atoms with E-state index in [4.69, 9.17) is 9.47 Å².